The number of aliphatic carboxylic acids is 1. The van der Waals surface area contributed by atoms with Crippen LogP contribution < -0.4 is 15.0 Å². The number of amides is 1. The summed E-state index contributed by atoms with van der Waals surface area (Å²) in [5.74, 6) is -1.11. The summed E-state index contributed by atoms with van der Waals surface area (Å²) in [6.07, 6.45) is 1.47. The van der Waals surface area contributed by atoms with Crippen LogP contribution in [0.2, 0.25) is 0 Å². The predicted octanol–water partition coefficient (Wildman–Crippen LogP) is 1.05. The number of likely N-dealkylation sites (tertiary alicyclic amines) is 1. The van der Waals surface area contributed by atoms with Gasteiger partial charge in [-0.2, -0.15) is 0 Å². The third-order valence-electron chi connectivity index (χ3n) is 5.08. The van der Waals surface area contributed by atoms with Crippen LogP contribution in [0.4, 0.5) is 0 Å². The van der Waals surface area contributed by atoms with Crippen LogP contribution in [0.15, 0.2) is 41.3 Å². The van der Waals surface area contributed by atoms with E-state index < -0.39 is 11.9 Å². The molecular formula is C19H18N2O6. The average Bonchev–Trinajstić information content (AvgIpc) is 3.29. The fraction of sp³-hybridized carbons (Fsp3) is 0.316. The Bertz CT molecular complexity index is 982. The van der Waals surface area contributed by atoms with E-state index in [-0.39, 0.29) is 37.3 Å². The van der Waals surface area contributed by atoms with Crippen molar-refractivity contribution in [1.82, 2.24) is 9.47 Å². The smallest absolute Gasteiger partial charge is 0.308 e. The Balaban J connectivity index is 1.62. The van der Waals surface area contributed by atoms with E-state index in [1.807, 2.05) is 6.07 Å². The van der Waals surface area contributed by atoms with Gasteiger partial charge in [-0.1, -0.05) is 6.07 Å². The van der Waals surface area contributed by atoms with Crippen molar-refractivity contribution in [3.8, 4) is 11.5 Å². The molecule has 8 nitrogen and oxygen atoms in total. The van der Waals surface area contributed by atoms with E-state index in [0.717, 1.165) is 5.56 Å². The molecule has 140 valence electrons. The highest BCUT2D eigenvalue weighted by molar-refractivity contribution is 5.94. The van der Waals surface area contributed by atoms with Crippen LogP contribution in [-0.2, 0) is 11.8 Å². The molecule has 2 aliphatic rings. The first kappa shape index (κ1) is 17.1. The lowest BCUT2D eigenvalue weighted by atomic mass is 9.89. The molecule has 1 aromatic carbocycles. The van der Waals surface area contributed by atoms with Crippen LogP contribution in [0.3, 0.4) is 0 Å². The van der Waals surface area contributed by atoms with Gasteiger partial charge in [-0.25, -0.2) is 0 Å². The number of aromatic nitrogens is 1. The third kappa shape index (κ3) is 3.03. The molecule has 0 saturated carbocycles. The lowest BCUT2D eigenvalue weighted by molar-refractivity contribution is -0.141. The number of aryl methyl sites for hydroxylation is 1. The minimum absolute atomic E-state index is 0.107. The van der Waals surface area contributed by atoms with Gasteiger partial charge in [0.05, 0.1) is 11.5 Å². The number of rotatable bonds is 3. The Labute approximate surface area is 154 Å². The minimum atomic E-state index is -0.951. The Hall–Kier alpha value is -3.29. The van der Waals surface area contributed by atoms with Crippen molar-refractivity contribution in [2.75, 3.05) is 19.9 Å². The van der Waals surface area contributed by atoms with Crippen LogP contribution in [-0.4, -0.2) is 46.3 Å². The molecule has 0 bridgehead atoms. The number of nitrogens with zero attached hydrogens (tertiary/aromatic N) is 2. The molecule has 27 heavy (non-hydrogen) atoms. The molecule has 1 amide bonds. The number of carboxylic acid groups (broad SMARTS) is 1. The standard InChI is InChI=1S/C19H18N2O6/c1-20-7-12(3-5-17(20)22)18(23)21-8-13(14(9-21)19(24)25)11-2-4-15-16(6-11)27-10-26-15/h2-7,13-14H,8-10H2,1H3,(H,24,25)/t13-,14+/m1/s1. The Morgan fingerprint density at radius 2 is 1.89 bits per heavy atom. The topological polar surface area (TPSA) is 98.1 Å². The van der Waals surface area contributed by atoms with Crippen molar-refractivity contribution in [3.05, 3.63) is 58.0 Å². The number of ether oxygens (including phenoxy) is 2. The monoisotopic (exact) mass is 370 g/mol. The summed E-state index contributed by atoms with van der Waals surface area (Å²) in [5.41, 5.74) is 0.935. The van der Waals surface area contributed by atoms with Crippen molar-refractivity contribution in [2.45, 2.75) is 5.92 Å². The maximum absolute atomic E-state index is 12.8. The number of carboxylic acids is 1. The molecule has 2 aliphatic heterocycles. The number of carbonyl (C=O) groups is 2. The summed E-state index contributed by atoms with van der Waals surface area (Å²) in [6, 6.07) is 8.15. The molecule has 1 fully saturated rings. The lowest BCUT2D eigenvalue weighted by Gasteiger charge is -2.17. The summed E-state index contributed by atoms with van der Waals surface area (Å²) in [7, 11) is 1.57. The third-order valence-corrected chi connectivity index (χ3v) is 5.08. The molecule has 1 aromatic heterocycles. The van der Waals surface area contributed by atoms with Crippen LogP contribution >= 0.6 is 0 Å². The number of hydrogen-bond acceptors (Lipinski definition) is 5. The Morgan fingerprint density at radius 1 is 1.11 bits per heavy atom. The van der Waals surface area contributed by atoms with Crippen LogP contribution in [0.25, 0.3) is 0 Å². The Kier molecular flexibility index (Phi) is 4.10. The summed E-state index contributed by atoms with van der Waals surface area (Å²) in [6.45, 7) is 0.525. The van der Waals surface area contributed by atoms with Gasteiger partial charge in [0, 0.05) is 38.3 Å². The second-order valence-electron chi connectivity index (χ2n) is 6.74. The van der Waals surface area contributed by atoms with Crippen molar-refractivity contribution in [1.29, 1.82) is 0 Å². The number of fused-ring (bicyclic) bond motifs is 1. The van der Waals surface area contributed by atoms with Crippen LogP contribution in [0.5, 0.6) is 11.5 Å². The average molecular weight is 370 g/mol. The molecule has 0 spiro atoms. The summed E-state index contributed by atoms with van der Waals surface area (Å²) in [5, 5.41) is 9.65. The van der Waals surface area contributed by atoms with Gasteiger partial charge < -0.3 is 24.0 Å². The van der Waals surface area contributed by atoms with Crippen molar-refractivity contribution in [2.24, 2.45) is 13.0 Å². The molecule has 3 heterocycles. The zero-order valence-corrected chi connectivity index (χ0v) is 14.6. The molecule has 4 rings (SSSR count). The first-order valence-corrected chi connectivity index (χ1v) is 8.52. The fourth-order valence-corrected chi connectivity index (χ4v) is 3.60. The zero-order chi connectivity index (χ0) is 19.1. The van der Waals surface area contributed by atoms with Gasteiger partial charge in [0.25, 0.3) is 5.91 Å². The maximum Gasteiger partial charge on any atom is 0.308 e. The van der Waals surface area contributed by atoms with E-state index >= 15 is 0 Å². The molecule has 2 atom stereocenters. The summed E-state index contributed by atoms with van der Waals surface area (Å²) in [4.78, 5) is 37.6. The quantitative estimate of drug-likeness (QED) is 0.867. The minimum Gasteiger partial charge on any atom is -0.481 e. The van der Waals surface area contributed by atoms with Gasteiger partial charge in [0.15, 0.2) is 11.5 Å². The largest absolute Gasteiger partial charge is 0.481 e. The van der Waals surface area contributed by atoms with Gasteiger partial charge in [-0.15, -0.1) is 0 Å². The molecular weight excluding hydrogens is 352 g/mol. The molecule has 8 heteroatoms. The van der Waals surface area contributed by atoms with Gasteiger partial charge in [0.1, 0.15) is 0 Å². The first-order valence-electron chi connectivity index (χ1n) is 8.52. The SMILES string of the molecule is Cn1cc(C(=O)N2C[C@H](C(=O)O)[C@@H](c3ccc4c(c3)OCO4)C2)ccc1=O. The number of carbonyl (C=O) groups excluding carboxylic acids is 1. The fourth-order valence-electron chi connectivity index (χ4n) is 3.60. The van der Waals surface area contributed by atoms with Crippen LogP contribution in [0.1, 0.15) is 21.8 Å². The highest BCUT2D eigenvalue weighted by Crippen LogP contribution is 2.39. The lowest BCUT2D eigenvalue weighted by Crippen LogP contribution is -2.31. The highest BCUT2D eigenvalue weighted by Gasteiger charge is 2.41. The predicted molar refractivity (Wildman–Crippen MR) is 94.0 cm³/mol. The maximum atomic E-state index is 12.8. The first-order chi connectivity index (χ1) is 12.9. The van der Waals surface area contributed by atoms with E-state index in [0.29, 0.717) is 17.1 Å². The second-order valence-corrected chi connectivity index (χ2v) is 6.74. The van der Waals surface area contributed by atoms with Gasteiger partial charge in [0.2, 0.25) is 12.4 Å². The second kappa shape index (κ2) is 6.46. The van der Waals surface area contributed by atoms with Crippen LogP contribution in [0, 0.1) is 5.92 Å². The van der Waals surface area contributed by atoms with Crippen molar-refractivity contribution < 1.29 is 24.2 Å². The number of benzene rings is 1. The zero-order valence-electron chi connectivity index (χ0n) is 14.6. The van der Waals surface area contributed by atoms with E-state index in [9.17, 15) is 19.5 Å². The van der Waals surface area contributed by atoms with E-state index in [1.165, 1.54) is 27.8 Å². The highest BCUT2D eigenvalue weighted by atomic mass is 16.7. The van der Waals surface area contributed by atoms with Crippen molar-refractivity contribution >= 4 is 11.9 Å². The summed E-state index contributed by atoms with van der Waals surface area (Å²) < 4.78 is 12.0. The Morgan fingerprint density at radius 3 is 2.63 bits per heavy atom. The van der Waals surface area contributed by atoms with E-state index in [4.69, 9.17) is 9.47 Å². The summed E-state index contributed by atoms with van der Waals surface area (Å²) >= 11 is 0. The van der Waals surface area contributed by atoms with Gasteiger partial charge in [-0.3, -0.25) is 14.4 Å². The molecule has 0 unspecified atom stereocenters. The molecule has 0 radical (unpaired) electrons. The number of hydrogen-bond donors (Lipinski definition) is 1. The molecule has 1 saturated heterocycles. The molecule has 2 aromatic rings. The molecule has 1 N–H and O–H groups in total. The van der Waals surface area contributed by atoms with Crippen molar-refractivity contribution in [3.63, 3.8) is 0 Å². The normalized spacial score (nSPS) is 20.7. The van der Waals surface area contributed by atoms with E-state index in [1.54, 1.807) is 19.2 Å². The number of pyridine rings is 1. The molecule has 0 aliphatic carbocycles. The van der Waals surface area contributed by atoms with Gasteiger partial charge >= 0.3 is 5.97 Å². The van der Waals surface area contributed by atoms with Gasteiger partial charge in [-0.05, 0) is 23.8 Å². The van der Waals surface area contributed by atoms with E-state index in [2.05, 4.69) is 0 Å².